The van der Waals surface area contributed by atoms with E-state index in [1.807, 2.05) is 19.1 Å². The van der Waals surface area contributed by atoms with Crippen LogP contribution in [0, 0.1) is 6.92 Å². The number of thiocarbonyl (C=S) groups is 1. The van der Waals surface area contributed by atoms with Gasteiger partial charge in [-0.05, 0) is 49.5 Å². The highest BCUT2D eigenvalue weighted by atomic mass is 35.5. The maximum Gasteiger partial charge on any atom is 0.171 e. The highest BCUT2D eigenvalue weighted by Gasteiger charge is 2.03. The molecule has 0 fully saturated rings. The fourth-order valence-corrected chi connectivity index (χ4v) is 2.26. The molecular weight excluding hydrogens is 303 g/mol. The number of benzene rings is 1. The lowest BCUT2D eigenvalue weighted by atomic mass is 10.3. The summed E-state index contributed by atoms with van der Waals surface area (Å²) < 4.78 is 5.43. The van der Waals surface area contributed by atoms with E-state index in [0.29, 0.717) is 21.7 Å². The van der Waals surface area contributed by atoms with Crippen LogP contribution in [0.5, 0.6) is 0 Å². The molecule has 0 aliphatic heterocycles. The third kappa shape index (κ3) is 4.42. The van der Waals surface area contributed by atoms with Gasteiger partial charge in [-0.25, -0.2) is 0 Å². The van der Waals surface area contributed by atoms with E-state index in [1.165, 1.54) is 0 Å². The summed E-state index contributed by atoms with van der Waals surface area (Å²) in [5.74, 6) is 1.70. The smallest absolute Gasteiger partial charge is 0.171 e. The Bertz CT molecular complexity index is 578. The maximum absolute atomic E-state index is 5.91. The summed E-state index contributed by atoms with van der Waals surface area (Å²) in [5.41, 5.74) is 0.741. The predicted molar refractivity (Wildman–Crippen MR) is 83.0 cm³/mol. The van der Waals surface area contributed by atoms with E-state index < -0.39 is 0 Å². The molecule has 0 atom stereocenters. The molecule has 0 aliphatic carbocycles. The van der Waals surface area contributed by atoms with Crippen LogP contribution in [0.3, 0.4) is 0 Å². The first-order valence-corrected chi connectivity index (χ1v) is 6.75. The first kappa shape index (κ1) is 14.2. The lowest BCUT2D eigenvalue weighted by molar-refractivity contribution is 0.478. The van der Waals surface area contributed by atoms with E-state index in [1.54, 1.807) is 18.2 Å². The molecule has 0 radical (unpaired) electrons. The zero-order valence-electron chi connectivity index (χ0n) is 10.2. The van der Waals surface area contributed by atoms with Crippen LogP contribution in [0.25, 0.3) is 0 Å². The first-order chi connectivity index (χ1) is 9.02. The summed E-state index contributed by atoms with van der Waals surface area (Å²) in [5, 5.41) is 7.64. The molecule has 1 heterocycles. The molecule has 3 nitrogen and oxygen atoms in total. The van der Waals surface area contributed by atoms with Crippen LogP contribution in [0.1, 0.15) is 11.5 Å². The van der Waals surface area contributed by atoms with E-state index in [0.717, 1.165) is 17.2 Å². The van der Waals surface area contributed by atoms with Crippen molar-refractivity contribution in [1.29, 1.82) is 0 Å². The van der Waals surface area contributed by atoms with Crippen molar-refractivity contribution in [3.05, 3.63) is 51.9 Å². The van der Waals surface area contributed by atoms with Crippen molar-refractivity contribution in [1.82, 2.24) is 5.32 Å². The van der Waals surface area contributed by atoms with Gasteiger partial charge >= 0.3 is 0 Å². The summed E-state index contributed by atoms with van der Waals surface area (Å²) in [7, 11) is 0. The second-order valence-corrected chi connectivity index (χ2v) is 5.26. The Morgan fingerprint density at radius 1 is 1.21 bits per heavy atom. The fourth-order valence-electron chi connectivity index (χ4n) is 1.55. The minimum atomic E-state index is 0.479. The van der Waals surface area contributed by atoms with Crippen LogP contribution in [-0.4, -0.2) is 5.11 Å². The highest BCUT2D eigenvalue weighted by molar-refractivity contribution is 7.80. The van der Waals surface area contributed by atoms with Gasteiger partial charge in [0.05, 0.1) is 6.54 Å². The van der Waals surface area contributed by atoms with Crippen molar-refractivity contribution in [2.75, 3.05) is 5.32 Å². The van der Waals surface area contributed by atoms with Gasteiger partial charge in [-0.1, -0.05) is 23.2 Å². The molecule has 2 rings (SSSR count). The molecule has 100 valence electrons. The zero-order chi connectivity index (χ0) is 13.8. The molecule has 19 heavy (non-hydrogen) atoms. The van der Waals surface area contributed by atoms with Crippen LogP contribution in [0.4, 0.5) is 5.69 Å². The minimum absolute atomic E-state index is 0.479. The first-order valence-electron chi connectivity index (χ1n) is 5.59. The summed E-state index contributed by atoms with van der Waals surface area (Å²) in [6.45, 7) is 2.42. The molecule has 0 unspecified atom stereocenters. The number of halogens is 2. The van der Waals surface area contributed by atoms with E-state index in [2.05, 4.69) is 10.6 Å². The van der Waals surface area contributed by atoms with Gasteiger partial charge in [0.15, 0.2) is 5.11 Å². The second-order valence-electron chi connectivity index (χ2n) is 3.98. The highest BCUT2D eigenvalue weighted by Crippen LogP contribution is 2.22. The normalized spacial score (nSPS) is 10.3. The van der Waals surface area contributed by atoms with Crippen molar-refractivity contribution >= 4 is 46.2 Å². The number of nitrogens with one attached hydrogen (secondary N) is 2. The minimum Gasteiger partial charge on any atom is -0.465 e. The number of aryl methyl sites for hydroxylation is 1. The van der Waals surface area contributed by atoms with E-state index in [9.17, 15) is 0 Å². The van der Waals surface area contributed by atoms with Crippen LogP contribution in [-0.2, 0) is 6.54 Å². The standard InChI is InChI=1S/C13H12Cl2N2OS/c1-8-2-3-12(18-8)7-16-13(19)17-11-5-9(14)4-10(15)6-11/h2-6H,7H2,1H3,(H2,16,17,19). The molecule has 0 saturated heterocycles. The van der Waals surface area contributed by atoms with Gasteiger partial charge in [-0.3, -0.25) is 0 Å². The molecule has 0 amide bonds. The van der Waals surface area contributed by atoms with Gasteiger partial charge in [-0.2, -0.15) is 0 Å². The Morgan fingerprint density at radius 2 is 1.89 bits per heavy atom. The van der Waals surface area contributed by atoms with Gasteiger partial charge in [0.25, 0.3) is 0 Å². The number of hydrogen-bond donors (Lipinski definition) is 2. The lowest BCUT2D eigenvalue weighted by Crippen LogP contribution is -2.27. The van der Waals surface area contributed by atoms with E-state index >= 15 is 0 Å². The van der Waals surface area contributed by atoms with Gasteiger partial charge < -0.3 is 15.1 Å². The molecule has 0 bridgehead atoms. The Kier molecular flexibility index (Phi) is 4.69. The van der Waals surface area contributed by atoms with Crippen molar-refractivity contribution in [3.63, 3.8) is 0 Å². The maximum atomic E-state index is 5.91. The van der Waals surface area contributed by atoms with Crippen LogP contribution in [0.15, 0.2) is 34.7 Å². The van der Waals surface area contributed by atoms with Gasteiger partial charge in [0, 0.05) is 15.7 Å². The van der Waals surface area contributed by atoms with Crippen LogP contribution >= 0.6 is 35.4 Å². The van der Waals surface area contributed by atoms with Gasteiger partial charge in [-0.15, -0.1) is 0 Å². The third-order valence-electron chi connectivity index (χ3n) is 2.34. The van der Waals surface area contributed by atoms with E-state index in [4.69, 9.17) is 39.8 Å². The average molecular weight is 315 g/mol. The summed E-state index contributed by atoms with van der Waals surface area (Å²) in [4.78, 5) is 0. The lowest BCUT2D eigenvalue weighted by Gasteiger charge is -2.10. The summed E-state index contributed by atoms with van der Waals surface area (Å²) in [6.07, 6.45) is 0. The van der Waals surface area contributed by atoms with Crippen LogP contribution in [0.2, 0.25) is 10.0 Å². The number of rotatable bonds is 3. The van der Waals surface area contributed by atoms with E-state index in [-0.39, 0.29) is 0 Å². The SMILES string of the molecule is Cc1ccc(CNC(=S)Nc2cc(Cl)cc(Cl)c2)o1. The average Bonchev–Trinajstić information content (AvgIpc) is 2.71. The molecule has 0 spiro atoms. The Hall–Kier alpha value is -1.23. The Balaban J connectivity index is 1.90. The topological polar surface area (TPSA) is 37.2 Å². The predicted octanol–water partition coefficient (Wildman–Crippen LogP) is 4.38. The fraction of sp³-hybridized carbons (Fsp3) is 0.154. The molecule has 2 N–H and O–H groups in total. The largest absolute Gasteiger partial charge is 0.465 e. The molecule has 1 aromatic heterocycles. The number of anilines is 1. The quantitative estimate of drug-likeness (QED) is 0.824. The summed E-state index contributed by atoms with van der Waals surface area (Å²) in [6, 6.07) is 8.97. The second kappa shape index (κ2) is 6.28. The number of hydrogen-bond acceptors (Lipinski definition) is 2. The van der Waals surface area contributed by atoms with Crippen molar-refractivity contribution < 1.29 is 4.42 Å². The van der Waals surface area contributed by atoms with Crippen LogP contribution < -0.4 is 10.6 Å². The third-order valence-corrected chi connectivity index (χ3v) is 3.02. The Labute approximate surface area is 126 Å². The molecule has 6 heteroatoms. The number of furan rings is 1. The van der Waals surface area contributed by atoms with Crippen molar-refractivity contribution in [3.8, 4) is 0 Å². The monoisotopic (exact) mass is 314 g/mol. The van der Waals surface area contributed by atoms with Gasteiger partial charge in [0.1, 0.15) is 11.5 Å². The molecule has 0 saturated carbocycles. The Morgan fingerprint density at radius 3 is 2.47 bits per heavy atom. The van der Waals surface area contributed by atoms with Gasteiger partial charge in [0.2, 0.25) is 0 Å². The zero-order valence-corrected chi connectivity index (χ0v) is 12.5. The molecular formula is C13H12Cl2N2OS. The molecule has 2 aromatic rings. The van der Waals surface area contributed by atoms with Crippen molar-refractivity contribution in [2.24, 2.45) is 0 Å². The summed E-state index contributed by atoms with van der Waals surface area (Å²) >= 11 is 17.0. The molecule has 0 aliphatic rings. The molecule has 1 aromatic carbocycles. The van der Waals surface area contributed by atoms with Crippen molar-refractivity contribution in [2.45, 2.75) is 13.5 Å².